The van der Waals surface area contributed by atoms with E-state index in [1.165, 1.54) is 89.9 Å². The molecule has 390 valence electrons. The van der Waals surface area contributed by atoms with E-state index in [0.717, 1.165) is 103 Å². The molecule has 0 heterocycles. The SMILES string of the molecule is CC/C=C\C/C=C\C/C=C\C/C=C\CCC(=O)OC(COC(=O)CCCCC/C=C\C/C=C\C/C=C\CC)COC(=O)CCCCCCCCCCCC/C=C\C/C=C\C/C=C\CCCCCCC. The third-order valence-corrected chi connectivity index (χ3v) is 11.4. The number of ether oxygens (including phenoxy) is 3. The molecule has 1 atom stereocenters. The van der Waals surface area contributed by atoms with E-state index in [0.29, 0.717) is 19.3 Å². The molecule has 0 N–H and O–H groups in total. The highest BCUT2D eigenvalue weighted by Crippen LogP contribution is 2.14. The first kappa shape index (κ1) is 64.8. The Morgan fingerprint density at radius 2 is 0.594 bits per heavy atom. The van der Waals surface area contributed by atoms with Crippen molar-refractivity contribution < 1.29 is 28.6 Å². The van der Waals surface area contributed by atoms with Crippen LogP contribution in [0.4, 0.5) is 0 Å². The van der Waals surface area contributed by atoms with E-state index >= 15 is 0 Å². The number of esters is 3. The number of allylic oxidation sites excluding steroid dienone is 20. The molecule has 0 saturated carbocycles. The predicted octanol–water partition coefficient (Wildman–Crippen LogP) is 18.9. The van der Waals surface area contributed by atoms with Gasteiger partial charge in [-0.05, 0) is 116 Å². The molecule has 0 rings (SSSR count). The average Bonchev–Trinajstić information content (AvgIpc) is 3.35. The van der Waals surface area contributed by atoms with Crippen LogP contribution in [0.3, 0.4) is 0 Å². The minimum Gasteiger partial charge on any atom is -0.462 e. The molecule has 0 aliphatic carbocycles. The lowest BCUT2D eigenvalue weighted by Gasteiger charge is -2.18. The van der Waals surface area contributed by atoms with Crippen LogP contribution in [-0.4, -0.2) is 37.2 Å². The molecule has 0 fully saturated rings. The smallest absolute Gasteiger partial charge is 0.306 e. The van der Waals surface area contributed by atoms with E-state index in [9.17, 15) is 14.4 Å². The van der Waals surface area contributed by atoms with Gasteiger partial charge in [-0.15, -0.1) is 0 Å². The summed E-state index contributed by atoms with van der Waals surface area (Å²) in [6.07, 6.45) is 77.9. The maximum atomic E-state index is 12.8. The van der Waals surface area contributed by atoms with Crippen LogP contribution < -0.4 is 0 Å². The van der Waals surface area contributed by atoms with Crippen molar-refractivity contribution in [2.24, 2.45) is 0 Å². The third-order valence-electron chi connectivity index (χ3n) is 11.4. The van der Waals surface area contributed by atoms with Crippen LogP contribution in [0.1, 0.15) is 239 Å². The summed E-state index contributed by atoms with van der Waals surface area (Å²) in [5, 5.41) is 0. The Bertz CT molecular complexity index is 1470. The molecule has 0 amide bonds. The van der Waals surface area contributed by atoms with E-state index in [-0.39, 0.29) is 31.6 Å². The van der Waals surface area contributed by atoms with Crippen molar-refractivity contribution >= 4 is 17.9 Å². The highest BCUT2D eigenvalue weighted by atomic mass is 16.6. The van der Waals surface area contributed by atoms with Gasteiger partial charge in [-0.2, -0.15) is 0 Å². The Hall–Kier alpha value is -4.19. The van der Waals surface area contributed by atoms with Crippen LogP contribution in [0, 0.1) is 0 Å². The van der Waals surface area contributed by atoms with Gasteiger partial charge in [-0.3, -0.25) is 14.4 Å². The fraction of sp³-hybridized carbons (Fsp3) is 0.635. The van der Waals surface area contributed by atoms with Crippen molar-refractivity contribution in [3.05, 3.63) is 122 Å². The van der Waals surface area contributed by atoms with E-state index < -0.39 is 12.1 Å². The summed E-state index contributed by atoms with van der Waals surface area (Å²) >= 11 is 0. The molecule has 6 heteroatoms. The lowest BCUT2D eigenvalue weighted by atomic mass is 10.1. The van der Waals surface area contributed by atoms with Crippen molar-refractivity contribution in [1.29, 1.82) is 0 Å². The lowest BCUT2D eigenvalue weighted by Crippen LogP contribution is -2.30. The molecule has 6 nitrogen and oxygen atoms in total. The Morgan fingerprint density at radius 1 is 0.304 bits per heavy atom. The first-order chi connectivity index (χ1) is 34.0. The van der Waals surface area contributed by atoms with Crippen LogP contribution in [0.15, 0.2) is 122 Å². The van der Waals surface area contributed by atoms with Gasteiger partial charge in [0.2, 0.25) is 0 Å². The fourth-order valence-electron chi connectivity index (χ4n) is 7.30. The van der Waals surface area contributed by atoms with Gasteiger partial charge in [0.1, 0.15) is 13.2 Å². The molecule has 0 saturated heterocycles. The van der Waals surface area contributed by atoms with Crippen molar-refractivity contribution in [3.8, 4) is 0 Å². The number of carbonyl (C=O) groups excluding carboxylic acids is 3. The molecule has 1 unspecified atom stereocenters. The molecule has 0 bridgehead atoms. The zero-order valence-electron chi connectivity index (χ0n) is 44.5. The fourth-order valence-corrected chi connectivity index (χ4v) is 7.30. The molecule has 0 aromatic rings. The summed E-state index contributed by atoms with van der Waals surface area (Å²) in [6.45, 7) is 6.29. The molecular weight excluding hydrogens is 853 g/mol. The Labute approximate surface area is 424 Å². The van der Waals surface area contributed by atoms with Crippen LogP contribution in [0.2, 0.25) is 0 Å². The monoisotopic (exact) mass is 955 g/mol. The largest absolute Gasteiger partial charge is 0.462 e. The summed E-state index contributed by atoms with van der Waals surface area (Å²) in [7, 11) is 0. The van der Waals surface area contributed by atoms with E-state index in [4.69, 9.17) is 14.2 Å². The molecular formula is C63H102O6. The summed E-state index contributed by atoms with van der Waals surface area (Å²) in [6, 6.07) is 0. The maximum Gasteiger partial charge on any atom is 0.306 e. The molecule has 0 aromatic heterocycles. The average molecular weight is 956 g/mol. The van der Waals surface area contributed by atoms with Crippen molar-refractivity contribution in [2.45, 2.75) is 245 Å². The second kappa shape index (κ2) is 56.4. The quantitative estimate of drug-likeness (QED) is 0.0262. The Balaban J connectivity index is 4.38. The first-order valence-electron chi connectivity index (χ1n) is 28.0. The van der Waals surface area contributed by atoms with Gasteiger partial charge in [0.15, 0.2) is 6.10 Å². The van der Waals surface area contributed by atoms with Crippen molar-refractivity contribution in [1.82, 2.24) is 0 Å². The predicted molar refractivity (Wildman–Crippen MR) is 297 cm³/mol. The molecule has 0 aliphatic heterocycles. The molecule has 0 radical (unpaired) electrons. The summed E-state index contributed by atoms with van der Waals surface area (Å²) < 4.78 is 16.7. The molecule has 0 aliphatic rings. The van der Waals surface area contributed by atoms with E-state index in [1.807, 2.05) is 12.2 Å². The second-order valence-corrected chi connectivity index (χ2v) is 18.1. The van der Waals surface area contributed by atoms with Gasteiger partial charge in [0, 0.05) is 19.3 Å². The van der Waals surface area contributed by atoms with Crippen LogP contribution in [0.5, 0.6) is 0 Å². The third kappa shape index (κ3) is 54.6. The van der Waals surface area contributed by atoms with E-state index in [1.54, 1.807) is 0 Å². The summed E-state index contributed by atoms with van der Waals surface area (Å²) in [5.41, 5.74) is 0. The highest BCUT2D eigenvalue weighted by molar-refractivity contribution is 5.71. The number of hydrogen-bond acceptors (Lipinski definition) is 6. The minimum absolute atomic E-state index is 0.121. The van der Waals surface area contributed by atoms with Crippen molar-refractivity contribution in [2.75, 3.05) is 13.2 Å². The van der Waals surface area contributed by atoms with Crippen LogP contribution in [-0.2, 0) is 28.6 Å². The Morgan fingerprint density at radius 3 is 0.957 bits per heavy atom. The van der Waals surface area contributed by atoms with Gasteiger partial charge in [-0.1, -0.05) is 226 Å². The molecule has 0 spiro atoms. The molecule has 69 heavy (non-hydrogen) atoms. The zero-order valence-corrected chi connectivity index (χ0v) is 44.5. The first-order valence-corrected chi connectivity index (χ1v) is 28.0. The zero-order chi connectivity index (χ0) is 50.0. The molecule has 0 aromatic carbocycles. The highest BCUT2D eigenvalue weighted by Gasteiger charge is 2.19. The van der Waals surface area contributed by atoms with Gasteiger partial charge < -0.3 is 14.2 Å². The van der Waals surface area contributed by atoms with Gasteiger partial charge in [-0.25, -0.2) is 0 Å². The summed E-state index contributed by atoms with van der Waals surface area (Å²) in [4.78, 5) is 38.0. The van der Waals surface area contributed by atoms with E-state index in [2.05, 4.69) is 130 Å². The van der Waals surface area contributed by atoms with Crippen molar-refractivity contribution in [3.63, 3.8) is 0 Å². The normalized spacial score (nSPS) is 13.0. The number of rotatable bonds is 49. The standard InChI is InChI=1S/C63H102O6/c1-4-7-10-13-16-19-22-25-26-27-28-29-30-31-32-33-34-35-36-39-41-44-47-50-53-56-62(65)68-59-60(69-63(66)57-54-51-48-45-42-38-24-21-18-15-12-9-6-3)58-67-61(64)55-52-49-46-43-40-37-23-20-17-14-11-8-5-2/h8-9,11-12,17-18,20-22,25,27-28,30-31,37-38,40,42,48,51,60H,4-7,10,13-16,19,23-24,26,29,32-36,39,41,43-47,49-50,52-59H2,1-3H3/b11-8-,12-9-,20-17-,21-18-,25-22-,28-27-,31-30-,40-37-,42-38-,51-48-. The number of hydrogen-bond donors (Lipinski definition) is 0. The van der Waals surface area contributed by atoms with Crippen LogP contribution in [0.25, 0.3) is 0 Å². The Kier molecular flexibility index (Phi) is 53.0. The van der Waals surface area contributed by atoms with Gasteiger partial charge in [0.05, 0.1) is 0 Å². The van der Waals surface area contributed by atoms with Gasteiger partial charge >= 0.3 is 17.9 Å². The second-order valence-electron chi connectivity index (χ2n) is 18.1. The lowest BCUT2D eigenvalue weighted by molar-refractivity contribution is -0.166. The van der Waals surface area contributed by atoms with Crippen LogP contribution >= 0.6 is 0 Å². The minimum atomic E-state index is -0.833. The number of carbonyl (C=O) groups is 3. The van der Waals surface area contributed by atoms with Gasteiger partial charge in [0.25, 0.3) is 0 Å². The maximum absolute atomic E-state index is 12.8. The topological polar surface area (TPSA) is 78.9 Å². The number of unbranched alkanes of at least 4 members (excludes halogenated alkanes) is 18. The summed E-state index contributed by atoms with van der Waals surface area (Å²) in [5.74, 6) is -1.04.